The molecule has 1 heterocycles. The summed E-state index contributed by atoms with van der Waals surface area (Å²) in [7, 11) is -3.68. The molecule has 0 bridgehead atoms. The number of hydrogen-bond acceptors (Lipinski definition) is 4. The van der Waals surface area contributed by atoms with E-state index in [1.807, 2.05) is 0 Å². The molecule has 1 aromatic rings. The Bertz CT molecular complexity index is 528. The van der Waals surface area contributed by atoms with Gasteiger partial charge < -0.3 is 10.6 Å². The van der Waals surface area contributed by atoms with Crippen molar-refractivity contribution in [2.24, 2.45) is 5.14 Å². The van der Waals surface area contributed by atoms with E-state index in [0.717, 1.165) is 25.1 Å². The molecule has 0 aromatic heterocycles. The average Bonchev–Trinajstić information content (AvgIpc) is 2.63. The Balaban J connectivity index is 2.38. The standard InChI is InChI=1S/C11H17N3O2S/c1-8-3-2-6-14(8)11-5-4-9(7-10(11)12)17(13,15)16/h4-5,7-8H,2-3,6,12H2,1H3,(H2,13,15,16). The molecule has 6 heteroatoms. The number of primary sulfonamides is 1. The molecule has 1 fully saturated rings. The molecule has 1 saturated heterocycles. The van der Waals surface area contributed by atoms with Crippen molar-refractivity contribution < 1.29 is 8.42 Å². The Labute approximate surface area is 101 Å². The number of sulfonamides is 1. The summed E-state index contributed by atoms with van der Waals surface area (Å²) in [5.74, 6) is 0. The molecule has 0 radical (unpaired) electrons. The molecule has 0 spiro atoms. The molecule has 2 rings (SSSR count). The fourth-order valence-corrected chi connectivity index (χ4v) is 2.81. The summed E-state index contributed by atoms with van der Waals surface area (Å²) < 4.78 is 22.4. The Kier molecular flexibility index (Phi) is 3.01. The zero-order valence-corrected chi connectivity index (χ0v) is 10.6. The molecule has 1 unspecified atom stereocenters. The lowest BCUT2D eigenvalue weighted by Crippen LogP contribution is -2.27. The van der Waals surface area contributed by atoms with Gasteiger partial charge in [-0.3, -0.25) is 0 Å². The first-order valence-electron chi connectivity index (χ1n) is 5.58. The van der Waals surface area contributed by atoms with Crippen molar-refractivity contribution in [1.29, 1.82) is 0 Å². The molecule has 0 aliphatic carbocycles. The summed E-state index contributed by atoms with van der Waals surface area (Å²) in [6, 6.07) is 5.11. The summed E-state index contributed by atoms with van der Waals surface area (Å²) in [4.78, 5) is 2.26. The molecule has 1 aliphatic heterocycles. The van der Waals surface area contributed by atoms with E-state index in [1.54, 1.807) is 6.07 Å². The lowest BCUT2D eigenvalue weighted by molar-refractivity contribution is 0.598. The van der Waals surface area contributed by atoms with Crippen LogP contribution in [0.1, 0.15) is 19.8 Å². The van der Waals surface area contributed by atoms with Gasteiger partial charge in [0.25, 0.3) is 0 Å². The van der Waals surface area contributed by atoms with E-state index in [9.17, 15) is 8.42 Å². The van der Waals surface area contributed by atoms with E-state index >= 15 is 0 Å². The van der Waals surface area contributed by atoms with Gasteiger partial charge >= 0.3 is 0 Å². The monoisotopic (exact) mass is 255 g/mol. The highest BCUT2D eigenvalue weighted by atomic mass is 32.2. The number of anilines is 2. The number of rotatable bonds is 2. The molecule has 0 saturated carbocycles. The Morgan fingerprint density at radius 2 is 2.12 bits per heavy atom. The van der Waals surface area contributed by atoms with Crippen LogP contribution in [-0.4, -0.2) is 21.0 Å². The van der Waals surface area contributed by atoms with Crippen LogP contribution < -0.4 is 15.8 Å². The predicted molar refractivity (Wildman–Crippen MR) is 68.3 cm³/mol. The van der Waals surface area contributed by atoms with Crippen LogP contribution >= 0.6 is 0 Å². The van der Waals surface area contributed by atoms with E-state index in [0.29, 0.717) is 11.7 Å². The van der Waals surface area contributed by atoms with Crippen LogP contribution in [0.2, 0.25) is 0 Å². The van der Waals surface area contributed by atoms with Crippen LogP contribution in [0.4, 0.5) is 11.4 Å². The third-order valence-corrected chi connectivity index (χ3v) is 4.10. The second kappa shape index (κ2) is 4.19. The highest BCUT2D eigenvalue weighted by Crippen LogP contribution is 2.31. The predicted octanol–water partition coefficient (Wildman–Crippen LogP) is 0.905. The topological polar surface area (TPSA) is 89.4 Å². The number of nitrogens with zero attached hydrogens (tertiary/aromatic N) is 1. The maximum atomic E-state index is 11.2. The molecule has 17 heavy (non-hydrogen) atoms. The van der Waals surface area contributed by atoms with Crippen LogP contribution in [0, 0.1) is 0 Å². The van der Waals surface area contributed by atoms with E-state index in [4.69, 9.17) is 10.9 Å². The van der Waals surface area contributed by atoms with Crippen molar-refractivity contribution in [3.8, 4) is 0 Å². The van der Waals surface area contributed by atoms with Gasteiger partial charge in [-0.05, 0) is 38.0 Å². The Hall–Kier alpha value is -1.27. The second-order valence-corrected chi connectivity index (χ2v) is 6.01. The molecular weight excluding hydrogens is 238 g/mol. The minimum atomic E-state index is -3.68. The van der Waals surface area contributed by atoms with Crippen LogP contribution in [0.3, 0.4) is 0 Å². The van der Waals surface area contributed by atoms with Crippen molar-refractivity contribution >= 4 is 21.4 Å². The van der Waals surface area contributed by atoms with Crippen LogP contribution in [0.5, 0.6) is 0 Å². The lowest BCUT2D eigenvalue weighted by Gasteiger charge is -2.25. The summed E-state index contributed by atoms with van der Waals surface area (Å²) >= 11 is 0. The minimum Gasteiger partial charge on any atom is -0.397 e. The van der Waals surface area contributed by atoms with Gasteiger partial charge in [0.05, 0.1) is 16.3 Å². The number of benzene rings is 1. The van der Waals surface area contributed by atoms with Gasteiger partial charge in [-0.1, -0.05) is 0 Å². The quantitative estimate of drug-likeness (QED) is 0.768. The van der Waals surface area contributed by atoms with E-state index in [2.05, 4.69) is 11.8 Å². The molecule has 1 atom stereocenters. The SMILES string of the molecule is CC1CCCN1c1ccc(S(N)(=O)=O)cc1N. The Morgan fingerprint density at radius 1 is 1.41 bits per heavy atom. The minimum absolute atomic E-state index is 0.0607. The normalized spacial score (nSPS) is 20.8. The summed E-state index contributed by atoms with van der Waals surface area (Å²) in [5.41, 5.74) is 7.25. The van der Waals surface area contributed by atoms with E-state index in [-0.39, 0.29) is 4.90 Å². The fourth-order valence-electron chi connectivity index (χ4n) is 2.26. The number of nitrogen functional groups attached to an aromatic ring is 1. The number of hydrogen-bond donors (Lipinski definition) is 2. The third kappa shape index (κ3) is 2.37. The summed E-state index contributed by atoms with van der Waals surface area (Å²) in [5, 5.41) is 5.06. The molecule has 1 aliphatic rings. The molecule has 0 amide bonds. The first kappa shape index (κ1) is 12.2. The zero-order chi connectivity index (χ0) is 12.6. The molecular formula is C11H17N3O2S. The highest BCUT2D eigenvalue weighted by molar-refractivity contribution is 7.89. The fraction of sp³-hybridized carbons (Fsp3) is 0.455. The van der Waals surface area contributed by atoms with Crippen molar-refractivity contribution in [2.45, 2.75) is 30.7 Å². The molecule has 4 N–H and O–H groups in total. The summed E-state index contributed by atoms with van der Waals surface area (Å²) in [6.45, 7) is 3.10. The van der Waals surface area contributed by atoms with Gasteiger partial charge in [0.1, 0.15) is 0 Å². The zero-order valence-electron chi connectivity index (χ0n) is 9.76. The summed E-state index contributed by atoms with van der Waals surface area (Å²) in [6.07, 6.45) is 2.27. The first-order valence-corrected chi connectivity index (χ1v) is 7.13. The highest BCUT2D eigenvalue weighted by Gasteiger charge is 2.22. The van der Waals surface area contributed by atoms with Gasteiger partial charge in [-0.2, -0.15) is 0 Å². The molecule has 5 nitrogen and oxygen atoms in total. The third-order valence-electron chi connectivity index (χ3n) is 3.19. The second-order valence-electron chi connectivity index (χ2n) is 4.45. The van der Waals surface area contributed by atoms with Gasteiger partial charge in [-0.15, -0.1) is 0 Å². The van der Waals surface area contributed by atoms with Crippen molar-refractivity contribution in [2.75, 3.05) is 17.2 Å². The van der Waals surface area contributed by atoms with Crippen molar-refractivity contribution in [3.63, 3.8) is 0 Å². The van der Waals surface area contributed by atoms with Crippen molar-refractivity contribution in [3.05, 3.63) is 18.2 Å². The molecule has 94 valence electrons. The van der Waals surface area contributed by atoms with Gasteiger partial charge in [0, 0.05) is 12.6 Å². The number of nitrogens with two attached hydrogens (primary N) is 2. The molecule has 1 aromatic carbocycles. The largest absolute Gasteiger partial charge is 0.397 e. The van der Waals surface area contributed by atoms with Crippen LogP contribution in [0.15, 0.2) is 23.1 Å². The Morgan fingerprint density at radius 3 is 2.59 bits per heavy atom. The van der Waals surface area contributed by atoms with Gasteiger partial charge in [-0.25, -0.2) is 13.6 Å². The van der Waals surface area contributed by atoms with Gasteiger partial charge in [0.2, 0.25) is 10.0 Å². The van der Waals surface area contributed by atoms with E-state index < -0.39 is 10.0 Å². The van der Waals surface area contributed by atoms with Crippen LogP contribution in [0.25, 0.3) is 0 Å². The average molecular weight is 255 g/mol. The van der Waals surface area contributed by atoms with Gasteiger partial charge in [0.15, 0.2) is 0 Å². The lowest BCUT2D eigenvalue weighted by atomic mass is 10.2. The maximum Gasteiger partial charge on any atom is 0.238 e. The smallest absolute Gasteiger partial charge is 0.238 e. The maximum absolute atomic E-state index is 11.2. The van der Waals surface area contributed by atoms with Crippen LogP contribution in [-0.2, 0) is 10.0 Å². The van der Waals surface area contributed by atoms with E-state index in [1.165, 1.54) is 12.1 Å². The van der Waals surface area contributed by atoms with Crippen molar-refractivity contribution in [1.82, 2.24) is 0 Å². The first-order chi connectivity index (χ1) is 7.89.